The summed E-state index contributed by atoms with van der Waals surface area (Å²) in [5.41, 5.74) is 4.09. The van der Waals surface area contributed by atoms with E-state index in [0.29, 0.717) is 29.9 Å². The highest BCUT2D eigenvalue weighted by molar-refractivity contribution is 7.87. The Morgan fingerprint density at radius 2 is 1.47 bits per heavy atom. The van der Waals surface area contributed by atoms with Crippen LogP contribution in [0.2, 0.25) is 0 Å². The van der Waals surface area contributed by atoms with E-state index in [0.717, 1.165) is 40.8 Å². The van der Waals surface area contributed by atoms with Crippen LogP contribution < -0.4 is 19.4 Å². The van der Waals surface area contributed by atoms with E-state index in [9.17, 15) is 13.2 Å². The van der Waals surface area contributed by atoms with E-state index in [1.165, 1.54) is 23.8 Å². The van der Waals surface area contributed by atoms with Crippen molar-refractivity contribution in [3.63, 3.8) is 0 Å². The van der Waals surface area contributed by atoms with Crippen LogP contribution in [0.3, 0.4) is 0 Å². The minimum atomic E-state index is -4.15. The Morgan fingerprint density at radius 1 is 0.844 bits per heavy atom. The summed E-state index contributed by atoms with van der Waals surface area (Å²) in [5, 5.41) is 0.604. The first-order valence-corrected chi connectivity index (χ1v) is 16.4. The number of aryl methyl sites for hydroxylation is 2. The van der Waals surface area contributed by atoms with Crippen molar-refractivity contribution in [3.8, 4) is 11.5 Å². The van der Waals surface area contributed by atoms with Gasteiger partial charge in [-0.3, -0.25) is 0 Å². The Hall–Kier alpha value is -4.60. The molecule has 6 rings (SSSR count). The van der Waals surface area contributed by atoms with Crippen molar-refractivity contribution in [2.45, 2.75) is 31.9 Å². The van der Waals surface area contributed by atoms with E-state index in [1.54, 1.807) is 18.2 Å². The average molecular weight is 626 g/mol. The number of hydrogen-bond donors (Lipinski definition) is 0. The number of benzene rings is 4. The molecule has 0 amide bonds. The third-order valence-electron chi connectivity index (χ3n) is 8.46. The van der Waals surface area contributed by atoms with Crippen molar-refractivity contribution in [1.82, 2.24) is 0 Å². The zero-order valence-corrected chi connectivity index (χ0v) is 26.5. The molecular formula is C36H37N2O6S+. The summed E-state index contributed by atoms with van der Waals surface area (Å²) in [6.07, 6.45) is 0. The van der Waals surface area contributed by atoms with Gasteiger partial charge in [0.1, 0.15) is 40.8 Å². The average Bonchev–Trinajstić information content (AvgIpc) is 3.01. The van der Waals surface area contributed by atoms with Crippen LogP contribution in [0.25, 0.3) is 11.0 Å². The Morgan fingerprint density at radius 3 is 2.11 bits per heavy atom. The van der Waals surface area contributed by atoms with Gasteiger partial charge in [0.15, 0.2) is 0 Å². The molecule has 45 heavy (non-hydrogen) atoms. The van der Waals surface area contributed by atoms with E-state index < -0.39 is 15.7 Å². The van der Waals surface area contributed by atoms with E-state index in [2.05, 4.69) is 36.2 Å². The summed E-state index contributed by atoms with van der Waals surface area (Å²) in [7, 11) is -1.90. The fraction of sp³-hybridized carbons (Fsp3) is 0.250. The van der Waals surface area contributed by atoms with Gasteiger partial charge in [0.05, 0.1) is 38.6 Å². The molecule has 0 saturated carbocycles. The SMILES string of the molecule is Cc1ccc(S(=O)(=O)Oc2cc(OCc3ccccc3)c3c(C)c(N4CC[N+](C)(Cc5ccccc5)CC4)c(=O)oc3c2)cc1. The van der Waals surface area contributed by atoms with Gasteiger partial charge in [-0.1, -0.05) is 78.4 Å². The lowest BCUT2D eigenvalue weighted by Gasteiger charge is -2.42. The molecule has 0 bridgehead atoms. The molecule has 1 aliphatic heterocycles. The number of hydrogen-bond acceptors (Lipinski definition) is 7. The van der Waals surface area contributed by atoms with Crippen LogP contribution in [0.5, 0.6) is 11.5 Å². The molecule has 2 heterocycles. The van der Waals surface area contributed by atoms with Gasteiger partial charge in [-0.25, -0.2) is 4.79 Å². The fourth-order valence-electron chi connectivity index (χ4n) is 5.93. The van der Waals surface area contributed by atoms with Gasteiger partial charge in [-0.2, -0.15) is 8.42 Å². The smallest absolute Gasteiger partial charge is 0.360 e. The van der Waals surface area contributed by atoms with Gasteiger partial charge in [0.2, 0.25) is 0 Å². The summed E-state index contributed by atoms with van der Waals surface area (Å²) < 4.78 is 44.9. The van der Waals surface area contributed by atoms with Crippen molar-refractivity contribution in [2.24, 2.45) is 0 Å². The van der Waals surface area contributed by atoms with Crippen molar-refractivity contribution in [1.29, 1.82) is 0 Å². The Balaban J connectivity index is 1.34. The van der Waals surface area contributed by atoms with Crippen LogP contribution in [0, 0.1) is 13.8 Å². The molecule has 1 saturated heterocycles. The molecule has 0 N–H and O–H groups in total. The molecule has 0 radical (unpaired) electrons. The highest BCUT2D eigenvalue weighted by Crippen LogP contribution is 2.38. The minimum Gasteiger partial charge on any atom is -0.488 e. The molecular weight excluding hydrogens is 588 g/mol. The maximum atomic E-state index is 13.5. The summed E-state index contributed by atoms with van der Waals surface area (Å²) in [6.45, 7) is 8.04. The molecule has 8 nitrogen and oxygen atoms in total. The molecule has 0 unspecified atom stereocenters. The van der Waals surface area contributed by atoms with Gasteiger partial charge in [-0.15, -0.1) is 0 Å². The van der Waals surface area contributed by atoms with Gasteiger partial charge < -0.3 is 22.7 Å². The first-order valence-electron chi connectivity index (χ1n) is 15.0. The number of quaternary nitrogens is 1. The topological polar surface area (TPSA) is 86.1 Å². The van der Waals surface area contributed by atoms with Crippen LogP contribution in [0.1, 0.15) is 22.3 Å². The van der Waals surface area contributed by atoms with Crippen molar-refractivity contribution < 1.29 is 26.2 Å². The predicted molar refractivity (Wildman–Crippen MR) is 175 cm³/mol. The summed E-state index contributed by atoms with van der Waals surface area (Å²) >= 11 is 0. The molecule has 1 aliphatic rings. The van der Waals surface area contributed by atoms with Gasteiger partial charge in [-0.05, 0) is 37.1 Å². The maximum absolute atomic E-state index is 13.5. The summed E-state index contributed by atoms with van der Waals surface area (Å²) in [4.78, 5) is 15.7. The molecule has 1 fully saturated rings. The van der Waals surface area contributed by atoms with Crippen LogP contribution in [0.4, 0.5) is 5.69 Å². The van der Waals surface area contributed by atoms with Gasteiger partial charge >= 0.3 is 15.7 Å². The van der Waals surface area contributed by atoms with Crippen LogP contribution in [0.15, 0.2) is 111 Å². The molecule has 9 heteroatoms. The van der Waals surface area contributed by atoms with E-state index in [-0.39, 0.29) is 22.8 Å². The van der Waals surface area contributed by atoms with Crippen molar-refractivity contribution in [2.75, 3.05) is 38.1 Å². The fourth-order valence-corrected chi connectivity index (χ4v) is 6.85. The number of rotatable bonds is 9. The van der Waals surface area contributed by atoms with E-state index >= 15 is 0 Å². The minimum absolute atomic E-state index is 0.00612. The Bertz CT molecular complexity index is 1970. The molecule has 4 aromatic carbocycles. The predicted octanol–water partition coefficient (Wildman–Crippen LogP) is 6.22. The Labute approximate surface area is 263 Å². The molecule has 5 aromatic rings. The van der Waals surface area contributed by atoms with Crippen LogP contribution in [-0.2, 0) is 23.3 Å². The van der Waals surface area contributed by atoms with Crippen molar-refractivity contribution in [3.05, 3.63) is 130 Å². The second kappa shape index (κ2) is 12.4. The quantitative estimate of drug-likeness (QED) is 0.109. The normalized spacial score (nSPS) is 14.8. The zero-order valence-electron chi connectivity index (χ0n) is 25.7. The number of likely N-dealkylation sites (N-methyl/N-ethyl adjacent to an activating group) is 1. The second-order valence-corrected chi connectivity index (χ2v) is 13.5. The molecule has 232 valence electrons. The van der Waals surface area contributed by atoms with Gasteiger partial charge in [0, 0.05) is 17.7 Å². The second-order valence-electron chi connectivity index (χ2n) is 12.0. The molecule has 0 atom stereocenters. The molecule has 0 spiro atoms. The zero-order chi connectivity index (χ0) is 31.6. The first kappa shape index (κ1) is 30.4. The third kappa shape index (κ3) is 6.74. The Kier molecular flexibility index (Phi) is 8.40. The number of nitrogens with zero attached hydrogens (tertiary/aromatic N) is 2. The highest BCUT2D eigenvalue weighted by atomic mass is 32.2. The number of fused-ring (bicyclic) bond motifs is 1. The lowest BCUT2D eigenvalue weighted by atomic mass is 10.1. The number of anilines is 1. The van der Waals surface area contributed by atoms with Crippen LogP contribution >= 0.6 is 0 Å². The molecule has 0 aliphatic carbocycles. The van der Waals surface area contributed by atoms with Crippen molar-refractivity contribution >= 4 is 26.8 Å². The summed E-state index contributed by atoms with van der Waals surface area (Å²) in [6, 6.07) is 29.5. The monoisotopic (exact) mass is 625 g/mol. The molecule has 1 aromatic heterocycles. The lowest BCUT2D eigenvalue weighted by molar-refractivity contribution is -0.923. The third-order valence-corrected chi connectivity index (χ3v) is 9.72. The van der Waals surface area contributed by atoms with E-state index in [4.69, 9.17) is 13.3 Å². The number of piperazine rings is 1. The van der Waals surface area contributed by atoms with Gasteiger partial charge in [0.25, 0.3) is 0 Å². The maximum Gasteiger partial charge on any atom is 0.360 e. The van der Waals surface area contributed by atoms with Crippen LogP contribution in [-0.4, -0.2) is 46.1 Å². The lowest BCUT2D eigenvalue weighted by Crippen LogP contribution is -2.57. The highest BCUT2D eigenvalue weighted by Gasteiger charge is 2.32. The largest absolute Gasteiger partial charge is 0.488 e. The summed E-state index contributed by atoms with van der Waals surface area (Å²) in [5.74, 6) is 0.364. The number of ether oxygens (including phenoxy) is 1. The first-order chi connectivity index (χ1) is 21.6. The standard InChI is InChI=1S/C36H37N2O6S/c1-26-14-16-31(17-15-26)45(40,41)44-30-22-32(42-25-29-12-8-5-9-13-29)34-27(2)35(36(39)43-33(34)23-30)37-18-20-38(3,21-19-37)24-28-10-6-4-7-11-28/h4-17,22-23H,18-21,24-25H2,1-3H3/q+1. The van der Waals surface area contributed by atoms with E-state index in [1.807, 2.05) is 50.2 Å².